The molecular formula is C24H48. The molecule has 0 aromatic carbocycles. The standard InChI is InChI=1S/C10H2.C6H2.C2H6.2C2H2.2CH4.13H2/c1-3-5-7-9-10-8-6-4-2;1-3-5-6-4-2;3*1-2;;;;;;;;;;;;;;;/h1-2H;1-2H;1-2H3;2*1-2H;2*1H4;13*1H. The lowest BCUT2D eigenvalue weighted by Gasteiger charge is -1.52. The van der Waals surface area contributed by atoms with Gasteiger partial charge in [-0.15, -0.1) is 51.4 Å². The lowest BCUT2D eigenvalue weighted by Crippen LogP contribution is -1.51. The Morgan fingerprint density at radius 1 is 0.417 bits per heavy atom. The lowest BCUT2D eigenvalue weighted by atomic mass is 10.5. The fourth-order valence-electron chi connectivity index (χ4n) is 0.269. The number of hydrogen-bond acceptors (Lipinski definition) is 0. The third kappa shape index (κ3) is 155. The largest absolute Gasteiger partial charge is 0.124 e. The minimum Gasteiger partial charge on any atom is -0.124 e. The van der Waals surface area contributed by atoms with E-state index in [1.54, 1.807) is 0 Å². The van der Waals surface area contributed by atoms with E-state index in [0.717, 1.165) is 0 Å². The Morgan fingerprint density at radius 3 is 0.708 bits per heavy atom. The molecule has 0 aliphatic heterocycles. The highest BCUT2D eigenvalue weighted by Crippen LogP contribution is 1.52. The number of terminal acetylenes is 6. The Morgan fingerprint density at radius 2 is 0.542 bits per heavy atom. The van der Waals surface area contributed by atoms with Gasteiger partial charge >= 0.3 is 0 Å². The number of hydrogen-bond donors (Lipinski definition) is 0. The van der Waals surface area contributed by atoms with Gasteiger partial charge in [0.25, 0.3) is 0 Å². The summed E-state index contributed by atoms with van der Waals surface area (Å²) in [4.78, 5) is 0. The Labute approximate surface area is 170 Å². The van der Waals surface area contributed by atoms with Crippen LogP contribution in [0.2, 0.25) is 0 Å². The minimum atomic E-state index is 0. The smallest absolute Gasteiger partial charge is 0 e. The van der Waals surface area contributed by atoms with E-state index in [1.165, 1.54) is 0 Å². The van der Waals surface area contributed by atoms with E-state index >= 15 is 0 Å². The maximum absolute atomic E-state index is 4.81. The second-order valence-corrected chi connectivity index (χ2v) is 1.58. The van der Waals surface area contributed by atoms with Crippen molar-refractivity contribution < 1.29 is 18.5 Å². The number of rotatable bonds is 0. The van der Waals surface area contributed by atoms with Gasteiger partial charge in [0.15, 0.2) is 0 Å². The van der Waals surface area contributed by atoms with Crippen LogP contribution >= 0.6 is 0 Å². The molecule has 0 aromatic rings. The van der Waals surface area contributed by atoms with E-state index < -0.39 is 0 Å². The van der Waals surface area contributed by atoms with Gasteiger partial charge in [-0.2, -0.15) is 0 Å². The zero-order chi connectivity index (χ0) is 18.5. The monoisotopic (exact) mass is 336 g/mol. The molecule has 0 nitrogen and oxygen atoms in total. The fraction of sp³-hybridized carbons (Fsp3) is 0.167. The first-order valence-electron chi connectivity index (χ1n) is 5.32. The van der Waals surface area contributed by atoms with Gasteiger partial charge in [0.2, 0.25) is 0 Å². The molecule has 0 amide bonds. The van der Waals surface area contributed by atoms with Crippen molar-refractivity contribution in [3.05, 3.63) is 0 Å². The predicted octanol–water partition coefficient (Wildman–Crippen LogP) is 6.51. The zero-order valence-electron chi connectivity index (χ0n) is 12.6. The van der Waals surface area contributed by atoms with Crippen molar-refractivity contribution in [3.63, 3.8) is 0 Å². The van der Waals surface area contributed by atoms with E-state index in [0.29, 0.717) is 0 Å². The molecular weight excluding hydrogens is 288 g/mol. The fourth-order valence-corrected chi connectivity index (χ4v) is 0.269. The highest BCUT2D eigenvalue weighted by atomic mass is 13.5. The van der Waals surface area contributed by atoms with Gasteiger partial charge in [-0.05, 0) is 71.0 Å². The van der Waals surface area contributed by atoms with Crippen molar-refractivity contribution in [2.75, 3.05) is 0 Å². The molecule has 0 heterocycles. The van der Waals surface area contributed by atoms with E-state index in [4.69, 9.17) is 25.7 Å². The molecule has 0 aliphatic rings. The van der Waals surface area contributed by atoms with Gasteiger partial charge in [0, 0.05) is 18.5 Å². The summed E-state index contributed by atoms with van der Waals surface area (Å²) in [7, 11) is 0. The molecule has 0 unspecified atom stereocenters. The second kappa shape index (κ2) is 99.7. The Balaban J connectivity index is -0.00000000548. The second-order valence-electron chi connectivity index (χ2n) is 1.58. The first-order chi connectivity index (χ1) is 10.8. The molecule has 0 radical (unpaired) electrons. The van der Waals surface area contributed by atoms with E-state index in [2.05, 4.69) is 96.7 Å². The van der Waals surface area contributed by atoms with Crippen molar-refractivity contribution in [2.45, 2.75) is 28.7 Å². The summed E-state index contributed by atoms with van der Waals surface area (Å²) >= 11 is 0. The van der Waals surface area contributed by atoms with Crippen LogP contribution in [0.5, 0.6) is 0 Å². The molecule has 0 saturated heterocycles. The summed E-state index contributed by atoms with van der Waals surface area (Å²) < 4.78 is 0. The summed E-state index contributed by atoms with van der Waals surface area (Å²) in [5, 5.41) is 0. The van der Waals surface area contributed by atoms with Crippen LogP contribution in [0.15, 0.2) is 0 Å². The van der Waals surface area contributed by atoms with E-state index in [9.17, 15) is 0 Å². The van der Waals surface area contributed by atoms with Gasteiger partial charge in [-0.25, -0.2) is 0 Å². The predicted molar refractivity (Wildman–Crippen MR) is 139 cm³/mol. The molecule has 0 spiro atoms. The van der Waals surface area contributed by atoms with Gasteiger partial charge in [0.1, 0.15) is 0 Å². The third-order valence-electron chi connectivity index (χ3n) is 0.664. The maximum atomic E-state index is 4.81. The normalized spacial score (nSPS) is 2.58. The van der Waals surface area contributed by atoms with Gasteiger partial charge < -0.3 is 0 Å². The SMILES string of the molecule is C.C.C#C.C#C.C#CC#CC#C.C#CC#CC#CC#CC#C.CC.[HH].[HH].[HH].[HH].[HH].[HH].[HH].[HH].[HH].[HH].[HH].[HH].[HH]. The van der Waals surface area contributed by atoms with Gasteiger partial charge in [-0.1, -0.05) is 28.7 Å². The Kier molecular flexibility index (Phi) is 178. The van der Waals surface area contributed by atoms with Crippen molar-refractivity contribution in [2.24, 2.45) is 0 Å². The van der Waals surface area contributed by atoms with Crippen LogP contribution in [-0.4, -0.2) is 0 Å². The summed E-state index contributed by atoms with van der Waals surface area (Å²) in [6.45, 7) is 4.00. The maximum Gasteiger partial charge on any atom is 0 e. The highest BCUT2D eigenvalue weighted by molar-refractivity contribution is 5.41. The summed E-state index contributed by atoms with van der Waals surface area (Å²) in [5.41, 5.74) is 0. The first kappa shape index (κ1) is 42.7. The molecule has 24 heavy (non-hydrogen) atoms. The van der Waals surface area contributed by atoms with Crippen molar-refractivity contribution >= 4 is 0 Å². The van der Waals surface area contributed by atoms with Crippen LogP contribution < -0.4 is 0 Å². The van der Waals surface area contributed by atoms with Crippen molar-refractivity contribution in [1.82, 2.24) is 0 Å². The van der Waals surface area contributed by atoms with Gasteiger partial charge in [-0.3, -0.25) is 0 Å². The molecule has 0 heteroatoms. The highest BCUT2D eigenvalue weighted by Gasteiger charge is 1.52. The van der Waals surface area contributed by atoms with Crippen molar-refractivity contribution in [1.29, 1.82) is 0 Å². The summed E-state index contributed by atoms with van der Waals surface area (Å²) in [6.07, 6.45) is 35.0. The van der Waals surface area contributed by atoms with Crippen LogP contribution in [0, 0.1) is 122 Å². The van der Waals surface area contributed by atoms with Crippen LogP contribution in [0.4, 0.5) is 0 Å². The molecule has 0 N–H and O–H groups in total. The molecule has 0 rings (SSSR count). The first-order valence-corrected chi connectivity index (χ1v) is 5.32. The van der Waals surface area contributed by atoms with Crippen LogP contribution in [0.1, 0.15) is 47.2 Å². The average molecular weight is 337 g/mol. The Hall–Kier alpha value is -4.40. The quantitative estimate of drug-likeness (QED) is 0.442. The molecule has 0 aromatic heterocycles. The zero-order valence-corrected chi connectivity index (χ0v) is 12.6. The van der Waals surface area contributed by atoms with Gasteiger partial charge in [0.05, 0.1) is 0 Å². The molecule has 144 valence electrons. The Bertz CT molecular complexity index is 668. The topological polar surface area (TPSA) is 0 Å². The summed E-state index contributed by atoms with van der Waals surface area (Å²) in [6, 6.07) is 0. The van der Waals surface area contributed by atoms with Crippen molar-refractivity contribution in [3.8, 4) is 122 Å². The summed E-state index contributed by atoms with van der Waals surface area (Å²) in [5.74, 6) is 27.0. The van der Waals surface area contributed by atoms with Crippen LogP contribution in [-0.2, 0) is 0 Å². The van der Waals surface area contributed by atoms with E-state index in [-0.39, 0.29) is 33.4 Å². The average Bonchev–Trinajstić information content (AvgIpc) is 2.62. The third-order valence-corrected chi connectivity index (χ3v) is 0.664. The van der Waals surface area contributed by atoms with Crippen LogP contribution in [0.3, 0.4) is 0 Å². The van der Waals surface area contributed by atoms with E-state index in [1.807, 2.05) is 13.8 Å². The molecule has 0 saturated carbocycles. The lowest BCUT2D eigenvalue weighted by molar-refractivity contribution is 1.50. The molecule has 0 fully saturated rings. The minimum absolute atomic E-state index is 0. The molecule has 0 aliphatic carbocycles. The van der Waals surface area contributed by atoms with Crippen LogP contribution in [0.25, 0.3) is 0 Å². The molecule has 0 atom stereocenters. The molecule has 0 bridgehead atoms.